The SMILES string of the molecule is CC1OCCC1(O)CC1(C)CCCC1. The third-order valence-electron chi connectivity index (χ3n) is 4.20. The molecule has 2 nitrogen and oxygen atoms in total. The van der Waals surface area contributed by atoms with Crippen molar-refractivity contribution in [2.45, 2.75) is 64.1 Å². The molecule has 2 rings (SSSR count). The second-order valence-electron chi connectivity index (χ2n) is 5.56. The average Bonchev–Trinajstić information content (AvgIpc) is 2.62. The van der Waals surface area contributed by atoms with Gasteiger partial charge in [-0.1, -0.05) is 19.8 Å². The van der Waals surface area contributed by atoms with Crippen LogP contribution in [-0.4, -0.2) is 23.4 Å². The van der Waals surface area contributed by atoms with Gasteiger partial charge in [0.25, 0.3) is 0 Å². The molecule has 2 unspecified atom stereocenters. The van der Waals surface area contributed by atoms with Crippen LogP contribution in [0.4, 0.5) is 0 Å². The van der Waals surface area contributed by atoms with E-state index in [0.29, 0.717) is 5.41 Å². The molecular weight excluding hydrogens is 176 g/mol. The summed E-state index contributed by atoms with van der Waals surface area (Å²) in [5.74, 6) is 0. The van der Waals surface area contributed by atoms with Crippen molar-refractivity contribution >= 4 is 0 Å². The predicted molar refractivity (Wildman–Crippen MR) is 56.2 cm³/mol. The molecule has 0 amide bonds. The van der Waals surface area contributed by atoms with E-state index in [4.69, 9.17) is 4.74 Å². The lowest BCUT2D eigenvalue weighted by atomic mass is 9.75. The highest BCUT2D eigenvalue weighted by Gasteiger charge is 2.45. The highest BCUT2D eigenvalue weighted by Crippen LogP contribution is 2.46. The van der Waals surface area contributed by atoms with E-state index in [0.717, 1.165) is 19.4 Å². The van der Waals surface area contributed by atoms with Gasteiger partial charge in [0, 0.05) is 13.0 Å². The Bertz CT molecular complexity index is 208. The molecule has 1 N–H and O–H groups in total. The highest BCUT2D eigenvalue weighted by atomic mass is 16.5. The Morgan fingerprint density at radius 3 is 2.43 bits per heavy atom. The quantitative estimate of drug-likeness (QED) is 0.738. The molecule has 14 heavy (non-hydrogen) atoms. The van der Waals surface area contributed by atoms with Gasteiger partial charge in [-0.25, -0.2) is 0 Å². The predicted octanol–water partition coefficient (Wildman–Crippen LogP) is 2.50. The molecule has 82 valence electrons. The summed E-state index contributed by atoms with van der Waals surface area (Å²) < 4.78 is 5.47. The van der Waals surface area contributed by atoms with Crippen molar-refractivity contribution in [3.63, 3.8) is 0 Å². The van der Waals surface area contributed by atoms with E-state index >= 15 is 0 Å². The van der Waals surface area contributed by atoms with Crippen molar-refractivity contribution < 1.29 is 9.84 Å². The number of aliphatic hydroxyl groups is 1. The monoisotopic (exact) mass is 198 g/mol. The number of hydrogen-bond acceptors (Lipinski definition) is 2. The smallest absolute Gasteiger partial charge is 0.0932 e. The largest absolute Gasteiger partial charge is 0.387 e. The number of hydrogen-bond donors (Lipinski definition) is 1. The van der Waals surface area contributed by atoms with Crippen LogP contribution in [0.5, 0.6) is 0 Å². The second-order valence-corrected chi connectivity index (χ2v) is 5.56. The molecule has 0 aromatic carbocycles. The molecule has 2 heteroatoms. The van der Waals surface area contributed by atoms with Crippen molar-refractivity contribution in [3.05, 3.63) is 0 Å². The van der Waals surface area contributed by atoms with Crippen LogP contribution >= 0.6 is 0 Å². The zero-order valence-electron chi connectivity index (χ0n) is 9.38. The zero-order valence-corrected chi connectivity index (χ0v) is 9.38. The van der Waals surface area contributed by atoms with Crippen molar-refractivity contribution in [3.8, 4) is 0 Å². The van der Waals surface area contributed by atoms with Gasteiger partial charge < -0.3 is 9.84 Å². The topological polar surface area (TPSA) is 29.5 Å². The maximum Gasteiger partial charge on any atom is 0.0932 e. The van der Waals surface area contributed by atoms with E-state index in [1.807, 2.05) is 6.92 Å². The summed E-state index contributed by atoms with van der Waals surface area (Å²) >= 11 is 0. The minimum Gasteiger partial charge on any atom is -0.387 e. The van der Waals surface area contributed by atoms with Crippen LogP contribution in [0.25, 0.3) is 0 Å². The molecule has 0 aromatic rings. The van der Waals surface area contributed by atoms with Crippen LogP contribution in [0.15, 0.2) is 0 Å². The first-order valence-corrected chi connectivity index (χ1v) is 5.88. The number of ether oxygens (including phenoxy) is 1. The van der Waals surface area contributed by atoms with Gasteiger partial charge in [0.15, 0.2) is 0 Å². The fourth-order valence-corrected chi connectivity index (χ4v) is 3.15. The van der Waals surface area contributed by atoms with Gasteiger partial charge in [0.2, 0.25) is 0 Å². The molecule has 0 bridgehead atoms. The Morgan fingerprint density at radius 1 is 1.29 bits per heavy atom. The van der Waals surface area contributed by atoms with Crippen LogP contribution in [0.1, 0.15) is 52.4 Å². The Hall–Kier alpha value is -0.0800. The lowest BCUT2D eigenvalue weighted by Crippen LogP contribution is -2.40. The minimum absolute atomic E-state index is 0.0277. The van der Waals surface area contributed by atoms with Crippen molar-refractivity contribution in [1.82, 2.24) is 0 Å². The maximum absolute atomic E-state index is 10.5. The summed E-state index contributed by atoms with van der Waals surface area (Å²) in [5.41, 5.74) is -0.171. The maximum atomic E-state index is 10.5. The number of rotatable bonds is 2. The standard InChI is InChI=1S/C12H22O2/c1-10-12(13,7-8-14-10)9-11(2)5-3-4-6-11/h10,13H,3-9H2,1-2H3. The molecule has 1 saturated carbocycles. The van der Waals surface area contributed by atoms with Crippen molar-refractivity contribution in [1.29, 1.82) is 0 Å². The average molecular weight is 198 g/mol. The van der Waals surface area contributed by atoms with Gasteiger partial charge in [-0.05, 0) is 31.6 Å². The molecule has 1 aliphatic heterocycles. The van der Waals surface area contributed by atoms with Crippen LogP contribution in [-0.2, 0) is 4.74 Å². The summed E-state index contributed by atoms with van der Waals surface area (Å²) in [7, 11) is 0. The van der Waals surface area contributed by atoms with E-state index in [9.17, 15) is 5.11 Å². The lowest BCUT2D eigenvalue weighted by molar-refractivity contribution is -0.0564. The molecular formula is C12H22O2. The van der Waals surface area contributed by atoms with Crippen LogP contribution < -0.4 is 0 Å². The molecule has 1 aliphatic carbocycles. The van der Waals surface area contributed by atoms with Gasteiger partial charge in [-0.2, -0.15) is 0 Å². The fourth-order valence-electron chi connectivity index (χ4n) is 3.15. The molecule has 1 heterocycles. The molecule has 1 saturated heterocycles. The Balaban J connectivity index is 2.01. The third kappa shape index (κ3) is 1.82. The van der Waals surface area contributed by atoms with E-state index in [1.54, 1.807) is 0 Å². The van der Waals surface area contributed by atoms with Crippen molar-refractivity contribution in [2.75, 3.05) is 6.61 Å². The first kappa shape index (κ1) is 10.4. The molecule has 0 aromatic heterocycles. The second kappa shape index (κ2) is 3.49. The minimum atomic E-state index is -0.543. The molecule has 2 aliphatic rings. The zero-order chi connectivity index (χ0) is 10.2. The highest BCUT2D eigenvalue weighted by molar-refractivity contribution is 4.96. The molecule has 2 atom stereocenters. The van der Waals surface area contributed by atoms with Crippen LogP contribution in [0, 0.1) is 5.41 Å². The van der Waals surface area contributed by atoms with E-state index in [1.165, 1.54) is 25.7 Å². The van der Waals surface area contributed by atoms with Crippen LogP contribution in [0.3, 0.4) is 0 Å². The fraction of sp³-hybridized carbons (Fsp3) is 1.00. The third-order valence-corrected chi connectivity index (χ3v) is 4.20. The van der Waals surface area contributed by atoms with Gasteiger partial charge in [-0.3, -0.25) is 0 Å². The normalized spacial score (nSPS) is 41.8. The Labute approximate surface area is 86.6 Å². The van der Waals surface area contributed by atoms with Gasteiger partial charge in [0.05, 0.1) is 11.7 Å². The molecule has 2 fully saturated rings. The van der Waals surface area contributed by atoms with Gasteiger partial charge >= 0.3 is 0 Å². The van der Waals surface area contributed by atoms with E-state index in [-0.39, 0.29) is 6.10 Å². The first-order valence-electron chi connectivity index (χ1n) is 5.88. The van der Waals surface area contributed by atoms with Crippen LogP contribution in [0.2, 0.25) is 0 Å². The van der Waals surface area contributed by atoms with Gasteiger partial charge in [0.1, 0.15) is 0 Å². The first-order chi connectivity index (χ1) is 6.54. The Morgan fingerprint density at radius 2 is 1.93 bits per heavy atom. The summed E-state index contributed by atoms with van der Waals surface area (Å²) in [6.45, 7) is 5.06. The van der Waals surface area contributed by atoms with Gasteiger partial charge in [-0.15, -0.1) is 0 Å². The Kier molecular flexibility index (Phi) is 2.61. The van der Waals surface area contributed by atoms with E-state index < -0.39 is 5.60 Å². The molecule has 0 spiro atoms. The summed E-state index contributed by atoms with van der Waals surface area (Å²) in [5, 5.41) is 10.5. The van der Waals surface area contributed by atoms with Crippen molar-refractivity contribution in [2.24, 2.45) is 5.41 Å². The summed E-state index contributed by atoms with van der Waals surface area (Å²) in [6, 6.07) is 0. The summed E-state index contributed by atoms with van der Waals surface area (Å²) in [6.07, 6.45) is 7.01. The van der Waals surface area contributed by atoms with E-state index in [2.05, 4.69) is 6.92 Å². The molecule has 0 radical (unpaired) electrons. The summed E-state index contributed by atoms with van der Waals surface area (Å²) in [4.78, 5) is 0. The lowest BCUT2D eigenvalue weighted by Gasteiger charge is -2.35.